The lowest BCUT2D eigenvalue weighted by Crippen LogP contribution is -2.43. The van der Waals surface area contributed by atoms with Crippen LogP contribution in [0.15, 0.2) is 47.6 Å². The van der Waals surface area contributed by atoms with Crippen molar-refractivity contribution in [2.24, 2.45) is 5.10 Å². The molecule has 0 bridgehead atoms. The van der Waals surface area contributed by atoms with Crippen LogP contribution in [-0.2, 0) is 14.3 Å². The molecule has 0 unspecified atom stereocenters. The highest BCUT2D eigenvalue weighted by Crippen LogP contribution is 2.31. The summed E-state index contributed by atoms with van der Waals surface area (Å²) >= 11 is 0. The fourth-order valence-electron chi connectivity index (χ4n) is 4.29. The van der Waals surface area contributed by atoms with Crippen molar-refractivity contribution in [1.29, 1.82) is 0 Å². The lowest BCUT2D eigenvalue weighted by Gasteiger charge is -2.32. The first kappa shape index (κ1) is 35.1. The van der Waals surface area contributed by atoms with Gasteiger partial charge >= 0.3 is 5.97 Å². The summed E-state index contributed by atoms with van der Waals surface area (Å²) in [5, 5.41) is 3.84. The average Bonchev–Trinajstić information content (AvgIpc) is 2.92. The fraction of sp³-hybridized carbons (Fsp3) is 0.515. The summed E-state index contributed by atoms with van der Waals surface area (Å²) in [5.41, 5.74) is 2.28. The minimum absolute atomic E-state index is 0.0201. The van der Waals surface area contributed by atoms with E-state index < -0.39 is 11.6 Å². The molecule has 0 aliphatic heterocycles. The molecule has 2 aromatic rings. The molecule has 0 aliphatic carbocycles. The molecule has 2 aromatic carbocycles. The van der Waals surface area contributed by atoms with E-state index >= 15 is 0 Å². The van der Waals surface area contributed by atoms with Gasteiger partial charge in [-0.15, -0.1) is 0 Å². The summed E-state index contributed by atoms with van der Waals surface area (Å²) in [6.45, 7) is 15.5. The maximum atomic E-state index is 13.5. The first-order chi connectivity index (χ1) is 20.4. The third-order valence-electron chi connectivity index (χ3n) is 6.30. The van der Waals surface area contributed by atoms with Gasteiger partial charge in [0.05, 0.1) is 31.6 Å². The van der Waals surface area contributed by atoms with Gasteiger partial charge in [-0.25, -0.2) is 10.2 Å². The molecule has 0 atom stereocenters. The zero-order valence-corrected chi connectivity index (χ0v) is 26.8. The molecule has 1 N–H and O–H groups in total. The molecule has 0 saturated heterocycles. The maximum absolute atomic E-state index is 13.5. The molecule has 43 heavy (non-hydrogen) atoms. The van der Waals surface area contributed by atoms with Crippen LogP contribution in [0.2, 0.25) is 0 Å². The number of nitrogens with one attached hydrogen (secondary N) is 1. The van der Waals surface area contributed by atoms with Crippen LogP contribution in [0.5, 0.6) is 17.2 Å². The molecule has 0 radical (unpaired) electrons. The van der Waals surface area contributed by atoms with E-state index in [1.165, 1.54) is 6.92 Å². The normalized spacial score (nSPS) is 11.5. The second-order valence-electron chi connectivity index (χ2n) is 11.1. The highest BCUT2D eigenvalue weighted by molar-refractivity contribution is 5.97. The van der Waals surface area contributed by atoms with Crippen molar-refractivity contribution >= 4 is 24.0 Å². The summed E-state index contributed by atoms with van der Waals surface area (Å²) in [6, 6.07) is 12.5. The summed E-state index contributed by atoms with van der Waals surface area (Å²) in [5.74, 6) is 0.657. The number of carbonyl (C=O) groups is 3. The number of esters is 1. The van der Waals surface area contributed by atoms with Gasteiger partial charge in [-0.2, -0.15) is 5.10 Å². The number of ether oxygens (including phenoxy) is 4. The number of carbonyl (C=O) groups excluding carboxylic acids is 3. The van der Waals surface area contributed by atoms with Gasteiger partial charge in [-0.3, -0.25) is 9.59 Å². The molecular formula is C33H47N3O7. The molecule has 0 saturated carbocycles. The molecule has 0 fully saturated rings. The Morgan fingerprint density at radius 1 is 0.907 bits per heavy atom. The van der Waals surface area contributed by atoms with E-state index in [-0.39, 0.29) is 36.3 Å². The van der Waals surface area contributed by atoms with E-state index in [4.69, 9.17) is 18.9 Å². The summed E-state index contributed by atoms with van der Waals surface area (Å²) in [7, 11) is 0. The SMILES string of the molecule is CCOC(=O)C(C)(C)Oc1cc(OCCCCCOc2ccc(C=NNC(C)=O)cc2)ccc1C(=O)N(C(C)C)C(C)C. The Hall–Kier alpha value is -4.08. The topological polar surface area (TPSA) is 116 Å². The van der Waals surface area contributed by atoms with Crippen LogP contribution in [0.1, 0.15) is 90.6 Å². The second-order valence-corrected chi connectivity index (χ2v) is 11.1. The fourth-order valence-corrected chi connectivity index (χ4v) is 4.29. The highest BCUT2D eigenvalue weighted by Gasteiger charge is 2.34. The predicted molar refractivity (Wildman–Crippen MR) is 167 cm³/mol. The van der Waals surface area contributed by atoms with Crippen molar-refractivity contribution in [3.63, 3.8) is 0 Å². The molecule has 236 valence electrons. The number of hydrazone groups is 1. The first-order valence-electron chi connectivity index (χ1n) is 14.8. The lowest BCUT2D eigenvalue weighted by molar-refractivity contribution is -0.158. The molecule has 10 nitrogen and oxygen atoms in total. The molecule has 0 heterocycles. The maximum Gasteiger partial charge on any atom is 0.349 e. The van der Waals surface area contributed by atoms with Gasteiger partial charge in [0.25, 0.3) is 5.91 Å². The molecular weight excluding hydrogens is 550 g/mol. The van der Waals surface area contributed by atoms with Crippen LogP contribution in [-0.4, -0.2) is 66.4 Å². The Morgan fingerprint density at radius 2 is 1.49 bits per heavy atom. The zero-order chi connectivity index (χ0) is 32.0. The van der Waals surface area contributed by atoms with E-state index in [2.05, 4.69) is 10.5 Å². The molecule has 2 rings (SSSR count). The third-order valence-corrected chi connectivity index (χ3v) is 6.30. The average molecular weight is 598 g/mol. The standard InChI is InChI=1S/C33H47N3O7/c1-9-40-32(39)33(7,8)43-30-21-28(17-18-29(30)31(38)36(23(2)3)24(4)5)42-20-12-10-11-19-41-27-15-13-26(14-16-27)22-34-35-25(6)37/h13-18,21-24H,9-12,19-20H2,1-8H3,(H,35,37). The summed E-state index contributed by atoms with van der Waals surface area (Å²) in [4.78, 5) is 38.7. The van der Waals surface area contributed by atoms with Crippen LogP contribution in [0, 0.1) is 0 Å². The molecule has 0 aliphatic rings. The summed E-state index contributed by atoms with van der Waals surface area (Å²) in [6.07, 6.45) is 4.13. The number of hydrogen-bond acceptors (Lipinski definition) is 8. The molecule has 10 heteroatoms. The highest BCUT2D eigenvalue weighted by atomic mass is 16.6. The van der Waals surface area contributed by atoms with E-state index in [0.29, 0.717) is 24.5 Å². The van der Waals surface area contributed by atoms with Gasteiger partial charge < -0.3 is 23.8 Å². The van der Waals surface area contributed by atoms with Crippen molar-refractivity contribution in [1.82, 2.24) is 10.3 Å². The first-order valence-corrected chi connectivity index (χ1v) is 14.8. The van der Waals surface area contributed by atoms with Gasteiger partial charge in [0, 0.05) is 25.1 Å². The van der Waals surface area contributed by atoms with Crippen LogP contribution in [0.4, 0.5) is 0 Å². The molecule has 0 spiro atoms. The molecule has 0 aromatic heterocycles. The zero-order valence-electron chi connectivity index (χ0n) is 26.8. The van der Waals surface area contributed by atoms with E-state index in [1.54, 1.807) is 50.1 Å². The number of nitrogens with zero attached hydrogens (tertiary/aromatic N) is 2. The van der Waals surface area contributed by atoms with E-state index in [1.807, 2.05) is 52.0 Å². The van der Waals surface area contributed by atoms with Gasteiger partial charge in [0.1, 0.15) is 17.2 Å². The number of unbranched alkanes of at least 4 members (excludes halogenated alkanes) is 2. The van der Waals surface area contributed by atoms with Crippen molar-refractivity contribution in [2.75, 3.05) is 19.8 Å². The Labute approximate surface area is 255 Å². The van der Waals surface area contributed by atoms with Crippen molar-refractivity contribution in [2.45, 2.75) is 92.3 Å². The number of benzene rings is 2. The number of hydrogen-bond donors (Lipinski definition) is 1. The van der Waals surface area contributed by atoms with Gasteiger partial charge in [0.2, 0.25) is 5.91 Å². The minimum Gasteiger partial charge on any atom is -0.494 e. The predicted octanol–water partition coefficient (Wildman–Crippen LogP) is 5.76. The number of amides is 2. The van der Waals surface area contributed by atoms with Crippen LogP contribution >= 0.6 is 0 Å². The van der Waals surface area contributed by atoms with Gasteiger partial charge in [0.15, 0.2) is 5.60 Å². The smallest absolute Gasteiger partial charge is 0.349 e. The van der Waals surface area contributed by atoms with Crippen LogP contribution in [0.25, 0.3) is 0 Å². The van der Waals surface area contributed by atoms with E-state index in [9.17, 15) is 14.4 Å². The van der Waals surface area contributed by atoms with Crippen LogP contribution in [0.3, 0.4) is 0 Å². The van der Waals surface area contributed by atoms with Gasteiger partial charge in [-0.05, 0) is 110 Å². The third kappa shape index (κ3) is 11.6. The lowest BCUT2D eigenvalue weighted by atomic mass is 10.1. The minimum atomic E-state index is -1.30. The van der Waals surface area contributed by atoms with E-state index in [0.717, 1.165) is 30.6 Å². The van der Waals surface area contributed by atoms with Crippen molar-refractivity contribution in [3.8, 4) is 17.2 Å². The largest absolute Gasteiger partial charge is 0.494 e. The van der Waals surface area contributed by atoms with Crippen molar-refractivity contribution < 1.29 is 33.3 Å². The summed E-state index contributed by atoms with van der Waals surface area (Å²) < 4.78 is 23.1. The van der Waals surface area contributed by atoms with Crippen molar-refractivity contribution in [3.05, 3.63) is 53.6 Å². The quantitative estimate of drug-likeness (QED) is 0.107. The monoisotopic (exact) mass is 597 g/mol. The Balaban J connectivity index is 1.96. The Kier molecular flexibility index (Phi) is 14.0. The number of rotatable bonds is 17. The van der Waals surface area contributed by atoms with Crippen LogP contribution < -0.4 is 19.6 Å². The second kappa shape index (κ2) is 17.1. The Bertz CT molecular complexity index is 1220. The molecule has 2 amide bonds. The Morgan fingerprint density at radius 3 is 2.05 bits per heavy atom. The van der Waals surface area contributed by atoms with Gasteiger partial charge in [-0.1, -0.05) is 0 Å².